The Morgan fingerprint density at radius 2 is 2.14 bits per heavy atom. The monoisotopic (exact) mass is 285 g/mol. The number of nitrogens with two attached hydrogens (primary N) is 1. The highest BCUT2D eigenvalue weighted by Crippen LogP contribution is 2.40. The maximum atomic E-state index is 11.6. The molecule has 0 spiro atoms. The average molecular weight is 285 g/mol. The van der Waals surface area contributed by atoms with Gasteiger partial charge in [0.2, 0.25) is 0 Å². The lowest BCUT2D eigenvalue weighted by molar-refractivity contribution is 0.00884. The van der Waals surface area contributed by atoms with E-state index < -0.39 is 5.91 Å². The molecule has 3 fully saturated rings. The summed E-state index contributed by atoms with van der Waals surface area (Å²) in [7, 11) is 0. The van der Waals surface area contributed by atoms with E-state index in [-0.39, 0.29) is 6.10 Å². The normalized spacial score (nSPS) is 33.3. The molecule has 0 aromatic heterocycles. The second-order valence-electron chi connectivity index (χ2n) is 6.18. The lowest BCUT2D eigenvalue weighted by Gasteiger charge is -2.47. The van der Waals surface area contributed by atoms with Crippen LogP contribution in [0.15, 0.2) is 23.2 Å². The minimum atomic E-state index is -0.461. The van der Waals surface area contributed by atoms with Gasteiger partial charge in [-0.2, -0.15) is 0 Å². The van der Waals surface area contributed by atoms with Crippen molar-refractivity contribution < 1.29 is 9.53 Å². The third-order valence-corrected chi connectivity index (χ3v) is 5.00. The fourth-order valence-electron chi connectivity index (χ4n) is 3.85. The van der Waals surface area contributed by atoms with Gasteiger partial charge in [0.05, 0.1) is 5.56 Å². The van der Waals surface area contributed by atoms with Crippen molar-refractivity contribution in [3.05, 3.63) is 23.8 Å². The number of piperidine rings is 3. The van der Waals surface area contributed by atoms with Gasteiger partial charge in [-0.3, -0.25) is 9.79 Å². The standard InChI is InChI=1S/C16H19N3O2/c17-16(20)11-2-1-3-13-15(11)21-14(8-18-13)12-9-19-6-4-10(12)5-7-19/h1-3,8,10,12,14H,4-7,9H2,(H2,17,20). The number of hydrogen-bond donors (Lipinski definition) is 1. The summed E-state index contributed by atoms with van der Waals surface area (Å²) in [4.78, 5) is 18.6. The highest BCUT2D eigenvalue weighted by Gasteiger charge is 2.40. The fraction of sp³-hybridized carbons (Fsp3) is 0.500. The van der Waals surface area contributed by atoms with E-state index in [1.807, 2.05) is 12.3 Å². The Bertz CT molecular complexity index is 606. The van der Waals surface area contributed by atoms with Gasteiger partial charge in [0.25, 0.3) is 5.91 Å². The summed E-state index contributed by atoms with van der Waals surface area (Å²) in [5.41, 5.74) is 6.57. The molecule has 5 rings (SSSR count). The molecule has 2 N–H and O–H groups in total. The van der Waals surface area contributed by atoms with Crippen molar-refractivity contribution in [1.29, 1.82) is 0 Å². The molecule has 1 amide bonds. The summed E-state index contributed by atoms with van der Waals surface area (Å²) in [5, 5.41) is 0. The number of hydrogen-bond acceptors (Lipinski definition) is 4. The van der Waals surface area contributed by atoms with Gasteiger partial charge in [-0.25, -0.2) is 0 Å². The molecule has 0 saturated carbocycles. The van der Waals surface area contributed by atoms with Crippen molar-refractivity contribution >= 4 is 17.8 Å². The maximum absolute atomic E-state index is 11.6. The molecule has 5 heteroatoms. The van der Waals surface area contributed by atoms with Crippen molar-refractivity contribution in [2.24, 2.45) is 22.6 Å². The van der Waals surface area contributed by atoms with Crippen molar-refractivity contribution in [3.8, 4) is 5.75 Å². The largest absolute Gasteiger partial charge is 0.481 e. The van der Waals surface area contributed by atoms with Crippen LogP contribution >= 0.6 is 0 Å². The van der Waals surface area contributed by atoms with Crippen LogP contribution < -0.4 is 10.5 Å². The van der Waals surface area contributed by atoms with E-state index in [9.17, 15) is 4.79 Å². The van der Waals surface area contributed by atoms with E-state index in [4.69, 9.17) is 10.5 Å². The number of aliphatic imine (C=N–C) groups is 1. The van der Waals surface area contributed by atoms with Crippen molar-refractivity contribution in [2.45, 2.75) is 18.9 Å². The molecular weight excluding hydrogens is 266 g/mol. The predicted molar refractivity (Wildman–Crippen MR) is 80.2 cm³/mol. The van der Waals surface area contributed by atoms with E-state index in [0.717, 1.165) is 6.54 Å². The molecule has 21 heavy (non-hydrogen) atoms. The van der Waals surface area contributed by atoms with Gasteiger partial charge in [-0.1, -0.05) is 6.07 Å². The second-order valence-corrected chi connectivity index (χ2v) is 6.18. The lowest BCUT2D eigenvalue weighted by atomic mass is 9.76. The molecule has 1 aromatic carbocycles. The van der Waals surface area contributed by atoms with E-state index in [1.165, 1.54) is 25.9 Å². The first-order valence-corrected chi connectivity index (χ1v) is 7.58. The van der Waals surface area contributed by atoms with Gasteiger partial charge in [0.1, 0.15) is 11.8 Å². The number of carbonyl (C=O) groups excluding carboxylic acids is 1. The molecule has 5 nitrogen and oxygen atoms in total. The molecule has 2 atom stereocenters. The van der Waals surface area contributed by atoms with Crippen LogP contribution in [0.1, 0.15) is 23.2 Å². The van der Waals surface area contributed by atoms with Crippen LogP contribution in [0.4, 0.5) is 5.69 Å². The average Bonchev–Trinajstić information content (AvgIpc) is 2.54. The van der Waals surface area contributed by atoms with Gasteiger partial charge >= 0.3 is 0 Å². The van der Waals surface area contributed by atoms with Crippen molar-refractivity contribution in [1.82, 2.24) is 4.90 Å². The summed E-state index contributed by atoms with van der Waals surface area (Å²) < 4.78 is 6.14. The third kappa shape index (κ3) is 2.12. The van der Waals surface area contributed by atoms with Gasteiger partial charge in [0, 0.05) is 18.7 Å². The summed E-state index contributed by atoms with van der Waals surface area (Å²) in [6, 6.07) is 5.34. The number of ether oxygens (including phenoxy) is 1. The quantitative estimate of drug-likeness (QED) is 0.897. The Labute approximate surface area is 123 Å². The molecule has 0 radical (unpaired) electrons. The van der Waals surface area contributed by atoms with Gasteiger partial charge in [0.15, 0.2) is 5.75 Å². The number of nitrogens with zero attached hydrogens (tertiary/aromatic N) is 2. The number of carbonyl (C=O) groups is 1. The van der Waals surface area contributed by atoms with E-state index >= 15 is 0 Å². The molecule has 4 aliphatic heterocycles. The molecule has 110 valence electrons. The summed E-state index contributed by atoms with van der Waals surface area (Å²) in [6.07, 6.45) is 4.33. The van der Waals surface area contributed by atoms with Crippen molar-refractivity contribution in [3.63, 3.8) is 0 Å². The number of amides is 1. The zero-order chi connectivity index (χ0) is 14.4. The van der Waals surface area contributed by atoms with E-state index in [2.05, 4.69) is 9.89 Å². The number of fused-ring (bicyclic) bond motifs is 4. The Kier molecular flexibility index (Phi) is 2.96. The maximum Gasteiger partial charge on any atom is 0.252 e. The first kappa shape index (κ1) is 12.8. The van der Waals surface area contributed by atoms with Crippen LogP contribution in [0.5, 0.6) is 5.75 Å². The molecule has 1 aromatic rings. The Balaban J connectivity index is 1.63. The highest BCUT2D eigenvalue weighted by molar-refractivity contribution is 5.98. The molecule has 2 bridgehead atoms. The summed E-state index contributed by atoms with van der Waals surface area (Å²) >= 11 is 0. The predicted octanol–water partition coefficient (Wildman–Crippen LogP) is 1.59. The zero-order valence-electron chi connectivity index (χ0n) is 11.9. The van der Waals surface area contributed by atoms with Gasteiger partial charge < -0.3 is 15.4 Å². The summed E-state index contributed by atoms with van der Waals surface area (Å²) in [6.45, 7) is 3.47. The van der Waals surface area contributed by atoms with Gasteiger partial charge in [-0.05, 0) is 44.0 Å². The lowest BCUT2D eigenvalue weighted by Crippen LogP contribution is -2.53. The topological polar surface area (TPSA) is 67.9 Å². The van der Waals surface area contributed by atoms with Crippen LogP contribution in [-0.2, 0) is 0 Å². The molecule has 0 aliphatic carbocycles. The number of para-hydroxylation sites is 1. The Morgan fingerprint density at radius 3 is 2.81 bits per heavy atom. The number of primary amides is 1. The van der Waals surface area contributed by atoms with Crippen LogP contribution in [0.25, 0.3) is 0 Å². The van der Waals surface area contributed by atoms with Crippen LogP contribution in [0.3, 0.4) is 0 Å². The minimum absolute atomic E-state index is 0.0499. The van der Waals surface area contributed by atoms with Crippen LogP contribution in [0, 0.1) is 11.8 Å². The SMILES string of the molecule is NC(=O)c1cccc2c1OC(C1CN3CCC1CC3)C=N2. The zero-order valence-corrected chi connectivity index (χ0v) is 11.9. The Hall–Kier alpha value is -1.88. The highest BCUT2D eigenvalue weighted by atomic mass is 16.5. The second kappa shape index (κ2) is 4.84. The molecule has 3 saturated heterocycles. The van der Waals surface area contributed by atoms with E-state index in [0.29, 0.717) is 28.8 Å². The molecule has 4 aliphatic rings. The van der Waals surface area contributed by atoms with Gasteiger partial charge in [-0.15, -0.1) is 0 Å². The third-order valence-electron chi connectivity index (χ3n) is 5.00. The number of rotatable bonds is 2. The smallest absolute Gasteiger partial charge is 0.252 e. The van der Waals surface area contributed by atoms with Crippen LogP contribution in [-0.4, -0.2) is 42.8 Å². The molecule has 4 heterocycles. The first-order valence-electron chi connectivity index (χ1n) is 7.58. The first-order chi connectivity index (χ1) is 10.2. The molecular formula is C16H19N3O2. The van der Waals surface area contributed by atoms with E-state index in [1.54, 1.807) is 12.1 Å². The molecule has 2 unspecified atom stereocenters. The van der Waals surface area contributed by atoms with Crippen LogP contribution in [0.2, 0.25) is 0 Å². The fourth-order valence-corrected chi connectivity index (χ4v) is 3.85. The van der Waals surface area contributed by atoms with Crippen molar-refractivity contribution in [2.75, 3.05) is 19.6 Å². The minimum Gasteiger partial charge on any atom is -0.481 e. The Morgan fingerprint density at radius 1 is 1.33 bits per heavy atom. The number of benzene rings is 1. The summed E-state index contributed by atoms with van der Waals surface area (Å²) in [5.74, 6) is 1.25.